The van der Waals surface area contributed by atoms with Crippen LogP contribution in [0, 0.1) is 16.0 Å². The molecular formula is C15H22N2O3. The van der Waals surface area contributed by atoms with Crippen molar-refractivity contribution in [3.05, 3.63) is 33.9 Å². The molecular weight excluding hydrogens is 256 g/mol. The predicted molar refractivity (Wildman–Crippen MR) is 78.3 cm³/mol. The zero-order valence-corrected chi connectivity index (χ0v) is 11.9. The number of nitrogen functional groups attached to an aromatic ring is 1. The van der Waals surface area contributed by atoms with Crippen LogP contribution in [-0.4, -0.2) is 11.0 Å². The maximum Gasteiger partial charge on any atom is 0.292 e. The zero-order valence-electron chi connectivity index (χ0n) is 11.9. The second-order valence-electron chi connectivity index (χ2n) is 5.41. The molecule has 20 heavy (non-hydrogen) atoms. The highest BCUT2D eigenvalue weighted by Gasteiger charge is 2.25. The lowest BCUT2D eigenvalue weighted by Gasteiger charge is -2.30. The SMILES string of the molecule is CCC1CCCCC1OCc1cccc([N+](=O)[O-])c1N. The summed E-state index contributed by atoms with van der Waals surface area (Å²) < 4.78 is 5.99. The van der Waals surface area contributed by atoms with Crippen LogP contribution in [0.5, 0.6) is 0 Å². The van der Waals surface area contributed by atoms with Gasteiger partial charge in [0, 0.05) is 11.6 Å². The third kappa shape index (κ3) is 3.28. The molecule has 0 spiro atoms. The fraction of sp³-hybridized carbons (Fsp3) is 0.600. The van der Waals surface area contributed by atoms with Crippen LogP contribution in [0.25, 0.3) is 0 Å². The molecule has 1 aromatic carbocycles. The molecule has 1 fully saturated rings. The summed E-state index contributed by atoms with van der Waals surface area (Å²) in [6.07, 6.45) is 6.14. The first-order valence-electron chi connectivity index (χ1n) is 7.26. The van der Waals surface area contributed by atoms with Crippen LogP contribution >= 0.6 is 0 Å². The lowest BCUT2D eigenvalue weighted by atomic mass is 9.85. The minimum absolute atomic E-state index is 0.0400. The Balaban J connectivity index is 2.03. The maximum atomic E-state index is 10.9. The van der Waals surface area contributed by atoms with Gasteiger partial charge >= 0.3 is 0 Å². The molecule has 0 aromatic heterocycles. The Morgan fingerprint density at radius 1 is 1.40 bits per heavy atom. The molecule has 2 atom stereocenters. The summed E-state index contributed by atoms with van der Waals surface area (Å²) >= 11 is 0. The maximum absolute atomic E-state index is 10.9. The normalized spacial score (nSPS) is 22.6. The van der Waals surface area contributed by atoms with E-state index >= 15 is 0 Å². The van der Waals surface area contributed by atoms with Crippen molar-refractivity contribution in [3.63, 3.8) is 0 Å². The fourth-order valence-electron chi connectivity index (χ4n) is 2.94. The number of ether oxygens (including phenoxy) is 1. The lowest BCUT2D eigenvalue weighted by molar-refractivity contribution is -0.384. The Morgan fingerprint density at radius 2 is 2.15 bits per heavy atom. The number of hydrogen-bond donors (Lipinski definition) is 1. The number of nitro groups is 1. The van der Waals surface area contributed by atoms with Gasteiger partial charge in [0.1, 0.15) is 5.69 Å². The monoisotopic (exact) mass is 278 g/mol. The number of anilines is 1. The van der Waals surface area contributed by atoms with Crippen LogP contribution in [0.4, 0.5) is 11.4 Å². The first kappa shape index (κ1) is 14.8. The summed E-state index contributed by atoms with van der Waals surface area (Å²) in [6.45, 7) is 2.54. The molecule has 0 radical (unpaired) electrons. The number of rotatable bonds is 5. The van der Waals surface area contributed by atoms with E-state index in [2.05, 4.69) is 6.92 Å². The van der Waals surface area contributed by atoms with Gasteiger partial charge in [-0.3, -0.25) is 10.1 Å². The smallest absolute Gasteiger partial charge is 0.292 e. The molecule has 0 saturated heterocycles. The van der Waals surface area contributed by atoms with Gasteiger partial charge in [-0.1, -0.05) is 38.3 Å². The average molecular weight is 278 g/mol. The van der Waals surface area contributed by atoms with Crippen molar-refractivity contribution in [1.82, 2.24) is 0 Å². The van der Waals surface area contributed by atoms with E-state index in [1.807, 2.05) is 0 Å². The molecule has 1 saturated carbocycles. The van der Waals surface area contributed by atoms with Gasteiger partial charge in [0.05, 0.1) is 17.6 Å². The van der Waals surface area contributed by atoms with Crippen molar-refractivity contribution in [1.29, 1.82) is 0 Å². The van der Waals surface area contributed by atoms with Crippen molar-refractivity contribution in [2.45, 2.75) is 51.7 Å². The third-order valence-electron chi connectivity index (χ3n) is 4.19. The lowest BCUT2D eigenvalue weighted by Crippen LogP contribution is -2.27. The Bertz CT molecular complexity index is 476. The van der Waals surface area contributed by atoms with Gasteiger partial charge in [-0.25, -0.2) is 0 Å². The molecule has 0 bridgehead atoms. The fourth-order valence-corrected chi connectivity index (χ4v) is 2.94. The van der Waals surface area contributed by atoms with E-state index in [-0.39, 0.29) is 17.5 Å². The number of hydrogen-bond acceptors (Lipinski definition) is 4. The Kier molecular flexibility index (Phi) is 4.95. The standard InChI is InChI=1S/C15H22N2O3/c1-2-11-6-3-4-9-14(11)20-10-12-7-5-8-13(15(12)16)17(18)19/h5,7-8,11,14H,2-4,6,9-10,16H2,1H3. The summed E-state index contributed by atoms with van der Waals surface area (Å²) in [7, 11) is 0. The van der Waals surface area contributed by atoms with Crippen molar-refractivity contribution in [2.24, 2.45) is 5.92 Å². The Morgan fingerprint density at radius 3 is 2.85 bits per heavy atom. The second-order valence-corrected chi connectivity index (χ2v) is 5.41. The molecule has 1 aliphatic rings. The zero-order chi connectivity index (χ0) is 14.5. The van der Waals surface area contributed by atoms with Crippen LogP contribution in [0.1, 0.15) is 44.6 Å². The quantitative estimate of drug-likeness (QED) is 0.506. The number of benzene rings is 1. The van der Waals surface area contributed by atoms with Crippen molar-refractivity contribution >= 4 is 11.4 Å². The minimum atomic E-state index is -0.450. The predicted octanol–water partition coefficient (Wildman–Crippen LogP) is 3.66. The van der Waals surface area contributed by atoms with Gasteiger partial charge in [-0.2, -0.15) is 0 Å². The molecule has 0 heterocycles. The van der Waals surface area contributed by atoms with Crippen LogP contribution < -0.4 is 5.73 Å². The van der Waals surface area contributed by atoms with E-state index in [4.69, 9.17) is 10.5 Å². The first-order valence-corrected chi connectivity index (χ1v) is 7.26. The molecule has 0 amide bonds. The van der Waals surface area contributed by atoms with E-state index in [9.17, 15) is 10.1 Å². The molecule has 0 aliphatic heterocycles. The highest BCUT2D eigenvalue weighted by atomic mass is 16.6. The summed E-state index contributed by atoms with van der Waals surface area (Å²) in [6, 6.07) is 4.88. The molecule has 2 N–H and O–H groups in total. The summed E-state index contributed by atoms with van der Waals surface area (Å²) in [5, 5.41) is 10.9. The largest absolute Gasteiger partial charge is 0.393 e. The van der Waals surface area contributed by atoms with Crippen LogP contribution in [0.2, 0.25) is 0 Å². The van der Waals surface area contributed by atoms with Crippen molar-refractivity contribution in [2.75, 3.05) is 5.73 Å². The van der Waals surface area contributed by atoms with Gasteiger partial charge in [0.2, 0.25) is 0 Å². The van der Waals surface area contributed by atoms with Crippen LogP contribution in [-0.2, 0) is 11.3 Å². The summed E-state index contributed by atoms with van der Waals surface area (Å²) in [5.74, 6) is 0.601. The molecule has 5 nitrogen and oxygen atoms in total. The third-order valence-corrected chi connectivity index (χ3v) is 4.19. The summed E-state index contributed by atoms with van der Waals surface area (Å²) in [4.78, 5) is 10.4. The van der Waals surface area contributed by atoms with E-state index in [1.54, 1.807) is 12.1 Å². The van der Waals surface area contributed by atoms with E-state index in [0.29, 0.717) is 18.1 Å². The van der Waals surface area contributed by atoms with Gasteiger partial charge in [-0.05, 0) is 18.8 Å². The molecule has 2 unspecified atom stereocenters. The molecule has 1 aromatic rings. The van der Waals surface area contributed by atoms with Crippen molar-refractivity contribution < 1.29 is 9.66 Å². The van der Waals surface area contributed by atoms with Crippen LogP contribution in [0.3, 0.4) is 0 Å². The molecule has 110 valence electrons. The van der Waals surface area contributed by atoms with E-state index in [1.165, 1.54) is 25.3 Å². The Labute approximate surface area is 119 Å². The molecule has 2 rings (SSSR count). The highest BCUT2D eigenvalue weighted by molar-refractivity contribution is 5.62. The van der Waals surface area contributed by atoms with Gasteiger partial charge in [0.25, 0.3) is 5.69 Å². The van der Waals surface area contributed by atoms with E-state index in [0.717, 1.165) is 12.8 Å². The number of nitro benzene ring substituents is 1. The van der Waals surface area contributed by atoms with Gasteiger partial charge < -0.3 is 10.5 Å². The minimum Gasteiger partial charge on any atom is -0.393 e. The number of nitrogens with zero attached hydrogens (tertiary/aromatic N) is 1. The van der Waals surface area contributed by atoms with Crippen molar-refractivity contribution in [3.8, 4) is 0 Å². The van der Waals surface area contributed by atoms with Gasteiger partial charge in [-0.15, -0.1) is 0 Å². The average Bonchev–Trinajstić information content (AvgIpc) is 2.46. The number of para-hydroxylation sites is 1. The van der Waals surface area contributed by atoms with Gasteiger partial charge in [0.15, 0.2) is 0 Å². The highest BCUT2D eigenvalue weighted by Crippen LogP contribution is 2.31. The molecule has 1 aliphatic carbocycles. The van der Waals surface area contributed by atoms with Crippen LogP contribution in [0.15, 0.2) is 18.2 Å². The van der Waals surface area contributed by atoms with E-state index < -0.39 is 4.92 Å². The second kappa shape index (κ2) is 6.70. The summed E-state index contributed by atoms with van der Waals surface area (Å²) in [5.41, 5.74) is 6.74. The first-order chi connectivity index (χ1) is 9.63. The molecule has 5 heteroatoms. The topological polar surface area (TPSA) is 78.4 Å². The number of nitrogens with two attached hydrogens (primary N) is 1. The Hall–Kier alpha value is -1.62.